The van der Waals surface area contributed by atoms with Gasteiger partial charge in [-0.2, -0.15) is 0 Å². The van der Waals surface area contributed by atoms with Crippen LogP contribution in [0.3, 0.4) is 0 Å². The van der Waals surface area contributed by atoms with Crippen molar-refractivity contribution in [3.8, 4) is 0 Å². The Kier molecular flexibility index (Phi) is 5.72. The van der Waals surface area contributed by atoms with Gasteiger partial charge in [0.1, 0.15) is 6.04 Å². The maximum atomic E-state index is 13.7. The van der Waals surface area contributed by atoms with Gasteiger partial charge in [0, 0.05) is 28.5 Å². The van der Waals surface area contributed by atoms with E-state index in [0.717, 1.165) is 35.2 Å². The number of nitrogens with zero attached hydrogens (tertiary/aromatic N) is 2. The summed E-state index contributed by atoms with van der Waals surface area (Å²) >= 11 is 6.00. The van der Waals surface area contributed by atoms with E-state index in [1.54, 1.807) is 24.3 Å². The second-order valence-electron chi connectivity index (χ2n) is 9.44. The average molecular weight is 478 g/mol. The maximum Gasteiger partial charge on any atom is 0.247 e. The van der Waals surface area contributed by atoms with Gasteiger partial charge in [0.2, 0.25) is 17.7 Å². The lowest BCUT2D eigenvalue weighted by Crippen LogP contribution is -2.50. The van der Waals surface area contributed by atoms with Gasteiger partial charge in [0.05, 0.1) is 17.9 Å². The van der Waals surface area contributed by atoms with E-state index in [2.05, 4.69) is 17.5 Å². The molecule has 0 spiro atoms. The highest BCUT2D eigenvalue weighted by atomic mass is 35.5. The molecule has 2 aromatic rings. The van der Waals surface area contributed by atoms with Crippen LogP contribution in [0.4, 0.5) is 11.4 Å². The molecular formula is C27H28ClN3O3. The predicted octanol–water partition coefficient (Wildman–Crippen LogP) is 4.66. The number of unbranched alkanes of at least 4 members (excludes halogenated alkanes) is 1. The molecule has 176 valence electrons. The topological polar surface area (TPSA) is 69.7 Å². The monoisotopic (exact) mass is 477 g/mol. The molecule has 3 aliphatic heterocycles. The highest BCUT2D eigenvalue weighted by molar-refractivity contribution is 6.30. The third-order valence-electron chi connectivity index (χ3n) is 7.21. The molecule has 6 nitrogen and oxygen atoms in total. The molecule has 3 heterocycles. The molecule has 0 unspecified atom stereocenters. The largest absolute Gasteiger partial charge is 0.351 e. The second-order valence-corrected chi connectivity index (χ2v) is 9.88. The Morgan fingerprint density at radius 3 is 2.44 bits per heavy atom. The molecule has 0 bridgehead atoms. The van der Waals surface area contributed by atoms with Crippen molar-refractivity contribution in [2.24, 2.45) is 11.8 Å². The molecule has 2 aromatic carbocycles. The fraction of sp³-hybridized carbons (Fsp3) is 0.370. The molecule has 3 aliphatic rings. The number of imide groups is 1. The third-order valence-corrected chi connectivity index (χ3v) is 7.46. The Bertz CT molecular complexity index is 1210. The highest BCUT2D eigenvalue weighted by Crippen LogP contribution is 2.50. The zero-order valence-electron chi connectivity index (χ0n) is 19.5. The van der Waals surface area contributed by atoms with Crippen molar-refractivity contribution in [3.63, 3.8) is 0 Å². The minimum absolute atomic E-state index is 0.167. The van der Waals surface area contributed by atoms with E-state index in [1.165, 1.54) is 4.90 Å². The number of anilines is 2. The minimum Gasteiger partial charge on any atom is -0.351 e. The van der Waals surface area contributed by atoms with E-state index in [4.69, 9.17) is 11.6 Å². The van der Waals surface area contributed by atoms with Gasteiger partial charge >= 0.3 is 0 Å². The number of carbonyl (C=O) groups excluding carboxylic acids is 3. The standard InChI is InChI=1S/C27H28ClN3O3/c1-4-5-12-30-26(33)22-21-14-16(3)19-13-15(2)6-11-20(19)31(21)24(23(22)27(30)34)25(32)29-18-9-7-17(28)8-10-18/h6-11,13-14,21-24H,4-5,12H2,1-3H3,(H,29,32)/t21-,22+,23-,24+/m1/s1. The number of halogens is 1. The van der Waals surface area contributed by atoms with Crippen molar-refractivity contribution in [2.75, 3.05) is 16.8 Å². The number of nitrogens with one attached hydrogen (secondary N) is 1. The SMILES string of the molecule is CCCCN1C(=O)[C@@H]2[C@@H](C1=O)[C@@H](C(=O)Nc1ccc(Cl)cc1)N1c3ccc(C)cc3C(C)=C[C@H]21. The third kappa shape index (κ3) is 3.52. The number of rotatable bonds is 5. The van der Waals surface area contributed by atoms with Crippen LogP contribution in [0.2, 0.25) is 5.02 Å². The lowest BCUT2D eigenvalue weighted by Gasteiger charge is -2.38. The van der Waals surface area contributed by atoms with Crippen molar-refractivity contribution in [1.82, 2.24) is 4.90 Å². The minimum atomic E-state index is -0.792. The summed E-state index contributed by atoms with van der Waals surface area (Å²) in [5.41, 5.74) is 4.70. The average Bonchev–Trinajstić information content (AvgIpc) is 3.27. The first-order valence-corrected chi connectivity index (χ1v) is 12.2. The molecule has 0 aromatic heterocycles. The Morgan fingerprint density at radius 2 is 1.74 bits per heavy atom. The molecule has 7 heteroatoms. The number of carbonyl (C=O) groups is 3. The zero-order chi connectivity index (χ0) is 24.1. The number of aryl methyl sites for hydroxylation is 1. The molecule has 3 amide bonds. The normalized spacial score (nSPS) is 25.1. The molecule has 0 radical (unpaired) electrons. The van der Waals surface area contributed by atoms with E-state index in [1.807, 2.05) is 37.8 Å². The van der Waals surface area contributed by atoms with Crippen LogP contribution in [0.1, 0.15) is 37.8 Å². The van der Waals surface area contributed by atoms with Gasteiger partial charge in [-0.15, -0.1) is 0 Å². The number of hydrogen-bond acceptors (Lipinski definition) is 4. The van der Waals surface area contributed by atoms with Crippen molar-refractivity contribution in [3.05, 3.63) is 64.7 Å². The second kappa shape index (κ2) is 8.58. The predicted molar refractivity (Wildman–Crippen MR) is 134 cm³/mol. The number of likely N-dealkylation sites (tertiary alicyclic amines) is 1. The summed E-state index contributed by atoms with van der Waals surface area (Å²) in [6, 6.07) is 11.8. The molecule has 0 saturated carbocycles. The van der Waals surface area contributed by atoms with Crippen molar-refractivity contribution >= 4 is 46.3 Å². The zero-order valence-corrected chi connectivity index (χ0v) is 20.3. The first-order chi connectivity index (χ1) is 16.3. The van der Waals surface area contributed by atoms with Gasteiger partial charge in [-0.25, -0.2) is 0 Å². The van der Waals surface area contributed by atoms with Crippen LogP contribution in [0.15, 0.2) is 48.5 Å². The van der Waals surface area contributed by atoms with Crippen LogP contribution in [0, 0.1) is 18.8 Å². The molecule has 1 N–H and O–H groups in total. The Balaban J connectivity index is 1.59. The van der Waals surface area contributed by atoms with Crippen molar-refractivity contribution in [1.29, 1.82) is 0 Å². The van der Waals surface area contributed by atoms with Crippen LogP contribution in [0.25, 0.3) is 5.57 Å². The lowest BCUT2D eigenvalue weighted by atomic mass is 9.87. The van der Waals surface area contributed by atoms with Crippen molar-refractivity contribution in [2.45, 2.75) is 45.7 Å². The smallest absolute Gasteiger partial charge is 0.247 e. The number of fused-ring (bicyclic) bond motifs is 5. The van der Waals surface area contributed by atoms with Crippen LogP contribution >= 0.6 is 11.6 Å². The van der Waals surface area contributed by atoms with E-state index in [0.29, 0.717) is 17.3 Å². The first kappa shape index (κ1) is 22.7. The van der Waals surface area contributed by atoms with Gasteiger partial charge in [0.25, 0.3) is 0 Å². The number of allylic oxidation sites excluding steroid dienone is 1. The summed E-state index contributed by atoms with van der Waals surface area (Å²) in [6.07, 6.45) is 3.70. The van der Waals surface area contributed by atoms with Gasteiger partial charge in [-0.3, -0.25) is 19.3 Å². The van der Waals surface area contributed by atoms with E-state index >= 15 is 0 Å². The number of benzene rings is 2. The Hall–Kier alpha value is -3.12. The summed E-state index contributed by atoms with van der Waals surface area (Å²) in [5, 5.41) is 3.53. The summed E-state index contributed by atoms with van der Waals surface area (Å²) in [5.74, 6) is -2.00. The lowest BCUT2D eigenvalue weighted by molar-refractivity contribution is -0.141. The van der Waals surface area contributed by atoms with Gasteiger partial charge in [0.15, 0.2) is 0 Å². The fourth-order valence-corrected chi connectivity index (χ4v) is 5.73. The fourth-order valence-electron chi connectivity index (χ4n) is 5.60. The Morgan fingerprint density at radius 1 is 1.03 bits per heavy atom. The van der Waals surface area contributed by atoms with Gasteiger partial charge in [-0.05, 0) is 62.2 Å². The van der Waals surface area contributed by atoms with E-state index in [-0.39, 0.29) is 23.8 Å². The molecule has 0 aliphatic carbocycles. The maximum absolute atomic E-state index is 13.7. The van der Waals surface area contributed by atoms with Crippen LogP contribution in [0.5, 0.6) is 0 Å². The summed E-state index contributed by atoms with van der Waals surface area (Å²) < 4.78 is 0. The molecule has 2 fully saturated rings. The molecule has 5 rings (SSSR count). The summed E-state index contributed by atoms with van der Waals surface area (Å²) in [4.78, 5) is 44.2. The van der Waals surface area contributed by atoms with Gasteiger partial charge in [-0.1, -0.05) is 42.7 Å². The van der Waals surface area contributed by atoms with Gasteiger partial charge < -0.3 is 10.2 Å². The van der Waals surface area contributed by atoms with Crippen molar-refractivity contribution < 1.29 is 14.4 Å². The number of amides is 3. The summed E-state index contributed by atoms with van der Waals surface area (Å²) in [6.45, 7) is 6.49. The quantitative estimate of drug-likeness (QED) is 0.636. The highest BCUT2D eigenvalue weighted by Gasteiger charge is 2.64. The summed E-state index contributed by atoms with van der Waals surface area (Å²) in [7, 11) is 0. The van der Waals surface area contributed by atoms with Crippen LogP contribution < -0.4 is 10.2 Å². The molecule has 4 atom stereocenters. The van der Waals surface area contributed by atoms with E-state index < -0.39 is 17.9 Å². The Labute approximate surface area is 204 Å². The molecule has 2 saturated heterocycles. The first-order valence-electron chi connectivity index (χ1n) is 11.8. The number of hydrogen-bond donors (Lipinski definition) is 1. The van der Waals surface area contributed by atoms with Crippen LogP contribution in [-0.2, 0) is 14.4 Å². The molecule has 34 heavy (non-hydrogen) atoms. The van der Waals surface area contributed by atoms with Crippen LogP contribution in [-0.4, -0.2) is 41.2 Å². The molecular weight excluding hydrogens is 450 g/mol. The van der Waals surface area contributed by atoms with E-state index in [9.17, 15) is 14.4 Å².